The monoisotopic (exact) mass is 369 g/mol. The summed E-state index contributed by atoms with van der Waals surface area (Å²) in [4.78, 5) is 0. The third-order valence-corrected chi connectivity index (χ3v) is 4.67. The molecule has 2 atom stereocenters. The second-order valence-electron chi connectivity index (χ2n) is 5.80. The first-order chi connectivity index (χ1) is 11.1. The Morgan fingerprint density at radius 1 is 0.957 bits per heavy atom. The second-order valence-corrected chi connectivity index (χ2v) is 6.66. The van der Waals surface area contributed by atoms with Crippen molar-refractivity contribution >= 4 is 26.7 Å². The molecule has 0 heterocycles. The Bertz CT molecular complexity index is 802. The minimum absolute atomic E-state index is 0.0401. The van der Waals surface area contributed by atoms with E-state index in [1.807, 2.05) is 36.4 Å². The van der Waals surface area contributed by atoms with Crippen molar-refractivity contribution < 1.29 is 4.74 Å². The van der Waals surface area contributed by atoms with Crippen LogP contribution in [0.1, 0.15) is 24.9 Å². The molecule has 0 spiro atoms. The smallest absolute Gasteiger partial charge is 0.120 e. The standard InChI is InChI=1S/C20H20BrNO/c1-14(12-20(22)18-8-4-5-9-19(18)21)23-17-11-10-15-6-2-3-7-16(15)13-17/h2-11,13-14,20H,12,22H2,1H3. The number of nitrogens with two attached hydrogens (primary N) is 1. The Morgan fingerprint density at radius 2 is 1.65 bits per heavy atom. The fourth-order valence-corrected chi connectivity index (χ4v) is 3.36. The lowest BCUT2D eigenvalue weighted by molar-refractivity contribution is 0.201. The predicted molar refractivity (Wildman–Crippen MR) is 99.7 cm³/mol. The molecule has 0 aliphatic heterocycles. The molecule has 2 unspecified atom stereocenters. The maximum Gasteiger partial charge on any atom is 0.120 e. The fraction of sp³-hybridized carbons (Fsp3) is 0.200. The summed E-state index contributed by atoms with van der Waals surface area (Å²) >= 11 is 3.56. The molecule has 2 nitrogen and oxygen atoms in total. The quantitative estimate of drug-likeness (QED) is 0.647. The molecule has 3 aromatic carbocycles. The average molecular weight is 370 g/mol. The molecular weight excluding hydrogens is 350 g/mol. The van der Waals surface area contributed by atoms with E-state index >= 15 is 0 Å². The molecule has 118 valence electrons. The lowest BCUT2D eigenvalue weighted by Crippen LogP contribution is -2.21. The average Bonchev–Trinajstić information content (AvgIpc) is 2.55. The van der Waals surface area contributed by atoms with Crippen LogP contribution in [0.2, 0.25) is 0 Å². The number of hydrogen-bond donors (Lipinski definition) is 1. The molecule has 0 aliphatic carbocycles. The highest BCUT2D eigenvalue weighted by atomic mass is 79.9. The Balaban J connectivity index is 1.68. The van der Waals surface area contributed by atoms with Crippen LogP contribution < -0.4 is 10.5 Å². The first kappa shape index (κ1) is 16.0. The van der Waals surface area contributed by atoms with E-state index in [1.54, 1.807) is 0 Å². The van der Waals surface area contributed by atoms with E-state index in [1.165, 1.54) is 10.8 Å². The SMILES string of the molecule is CC(CC(N)c1ccccc1Br)Oc1ccc2ccccc2c1. The van der Waals surface area contributed by atoms with Gasteiger partial charge in [0.15, 0.2) is 0 Å². The summed E-state index contributed by atoms with van der Waals surface area (Å²) in [5.41, 5.74) is 7.44. The van der Waals surface area contributed by atoms with Gasteiger partial charge < -0.3 is 10.5 Å². The van der Waals surface area contributed by atoms with Crippen molar-refractivity contribution in [2.24, 2.45) is 5.73 Å². The zero-order valence-corrected chi connectivity index (χ0v) is 14.7. The predicted octanol–water partition coefficient (Wildman–Crippen LogP) is 5.46. The van der Waals surface area contributed by atoms with Crippen molar-refractivity contribution in [3.63, 3.8) is 0 Å². The van der Waals surface area contributed by atoms with Crippen molar-refractivity contribution in [2.75, 3.05) is 0 Å². The van der Waals surface area contributed by atoms with Crippen LogP contribution in [0.5, 0.6) is 5.75 Å². The van der Waals surface area contributed by atoms with Crippen LogP contribution in [0.4, 0.5) is 0 Å². The summed E-state index contributed by atoms with van der Waals surface area (Å²) in [7, 11) is 0. The van der Waals surface area contributed by atoms with E-state index in [2.05, 4.69) is 53.2 Å². The summed E-state index contributed by atoms with van der Waals surface area (Å²) in [5.74, 6) is 0.885. The lowest BCUT2D eigenvalue weighted by Gasteiger charge is -2.20. The van der Waals surface area contributed by atoms with Gasteiger partial charge in [0.05, 0.1) is 6.10 Å². The van der Waals surface area contributed by atoms with Gasteiger partial charge in [-0.05, 0) is 41.5 Å². The molecule has 0 radical (unpaired) electrons. The van der Waals surface area contributed by atoms with Gasteiger partial charge in [-0.2, -0.15) is 0 Å². The molecule has 0 aliphatic rings. The summed E-state index contributed by atoms with van der Waals surface area (Å²) in [6.07, 6.45) is 0.799. The second kappa shape index (κ2) is 7.16. The van der Waals surface area contributed by atoms with Crippen LogP contribution in [0.25, 0.3) is 10.8 Å². The number of halogens is 1. The molecule has 0 saturated carbocycles. The Hall–Kier alpha value is -1.84. The molecule has 3 aromatic rings. The van der Waals surface area contributed by atoms with Crippen molar-refractivity contribution in [3.8, 4) is 5.75 Å². The molecule has 0 aromatic heterocycles. The molecule has 0 bridgehead atoms. The minimum Gasteiger partial charge on any atom is -0.491 e. The van der Waals surface area contributed by atoms with Gasteiger partial charge in [-0.3, -0.25) is 0 Å². The van der Waals surface area contributed by atoms with Gasteiger partial charge in [-0.25, -0.2) is 0 Å². The third kappa shape index (κ3) is 3.92. The van der Waals surface area contributed by atoms with Crippen LogP contribution in [-0.2, 0) is 0 Å². The van der Waals surface area contributed by atoms with E-state index in [9.17, 15) is 0 Å². The van der Waals surface area contributed by atoms with Gasteiger partial charge in [0, 0.05) is 16.9 Å². The van der Waals surface area contributed by atoms with Crippen molar-refractivity contribution in [1.82, 2.24) is 0 Å². The number of fused-ring (bicyclic) bond motifs is 1. The molecule has 3 rings (SSSR count). The molecule has 0 amide bonds. The maximum atomic E-state index is 6.33. The molecular formula is C20H20BrNO. The normalized spacial score (nSPS) is 13.7. The third-order valence-electron chi connectivity index (χ3n) is 3.95. The van der Waals surface area contributed by atoms with Crippen molar-refractivity contribution in [1.29, 1.82) is 0 Å². The maximum absolute atomic E-state index is 6.33. The molecule has 3 heteroatoms. The number of rotatable bonds is 5. The number of hydrogen-bond acceptors (Lipinski definition) is 2. The Labute approximate surface area is 145 Å². The Kier molecular flexibility index (Phi) is 4.99. The van der Waals surface area contributed by atoms with Gasteiger partial charge in [-0.15, -0.1) is 0 Å². The fourth-order valence-electron chi connectivity index (χ4n) is 2.78. The number of ether oxygens (including phenoxy) is 1. The van der Waals surface area contributed by atoms with E-state index in [0.29, 0.717) is 0 Å². The largest absolute Gasteiger partial charge is 0.491 e. The van der Waals surface area contributed by atoms with E-state index in [4.69, 9.17) is 10.5 Å². The van der Waals surface area contributed by atoms with E-state index in [0.717, 1.165) is 22.2 Å². The van der Waals surface area contributed by atoms with Crippen LogP contribution in [0.15, 0.2) is 71.2 Å². The van der Waals surface area contributed by atoms with Gasteiger partial charge in [0.1, 0.15) is 5.75 Å². The van der Waals surface area contributed by atoms with Crippen molar-refractivity contribution in [2.45, 2.75) is 25.5 Å². The molecule has 2 N–H and O–H groups in total. The first-order valence-electron chi connectivity index (χ1n) is 7.79. The Morgan fingerprint density at radius 3 is 2.43 bits per heavy atom. The highest BCUT2D eigenvalue weighted by Gasteiger charge is 2.14. The highest BCUT2D eigenvalue weighted by molar-refractivity contribution is 9.10. The highest BCUT2D eigenvalue weighted by Crippen LogP contribution is 2.27. The first-order valence-corrected chi connectivity index (χ1v) is 8.58. The topological polar surface area (TPSA) is 35.2 Å². The van der Waals surface area contributed by atoms with Crippen LogP contribution in [0, 0.1) is 0 Å². The minimum atomic E-state index is -0.0546. The van der Waals surface area contributed by atoms with Crippen LogP contribution >= 0.6 is 15.9 Å². The molecule has 0 fully saturated rings. The van der Waals surface area contributed by atoms with Gasteiger partial charge >= 0.3 is 0 Å². The van der Waals surface area contributed by atoms with Crippen LogP contribution in [-0.4, -0.2) is 6.10 Å². The zero-order valence-electron chi connectivity index (χ0n) is 13.1. The molecule has 0 saturated heterocycles. The van der Waals surface area contributed by atoms with E-state index < -0.39 is 0 Å². The van der Waals surface area contributed by atoms with Crippen molar-refractivity contribution in [3.05, 3.63) is 76.8 Å². The molecule has 23 heavy (non-hydrogen) atoms. The lowest BCUT2D eigenvalue weighted by atomic mass is 10.0. The van der Waals surface area contributed by atoms with E-state index in [-0.39, 0.29) is 12.1 Å². The number of benzene rings is 3. The van der Waals surface area contributed by atoms with Gasteiger partial charge in [-0.1, -0.05) is 64.5 Å². The summed E-state index contributed by atoms with van der Waals surface area (Å²) in [6, 6.07) is 22.5. The van der Waals surface area contributed by atoms with Crippen LogP contribution in [0.3, 0.4) is 0 Å². The zero-order chi connectivity index (χ0) is 16.2. The van der Waals surface area contributed by atoms with Gasteiger partial charge in [0.2, 0.25) is 0 Å². The van der Waals surface area contributed by atoms with Gasteiger partial charge in [0.25, 0.3) is 0 Å². The summed E-state index contributed by atoms with van der Waals surface area (Å²) in [6.45, 7) is 2.06. The summed E-state index contributed by atoms with van der Waals surface area (Å²) in [5, 5.41) is 2.41. The summed E-state index contributed by atoms with van der Waals surface area (Å²) < 4.78 is 7.11.